The van der Waals surface area contributed by atoms with Crippen LogP contribution in [0.25, 0.3) is 0 Å². The Bertz CT molecular complexity index is 1580. The number of aliphatic hydroxyl groups excluding tert-OH is 16. The number of hydrogen-bond donors (Lipinski definition) is 17. The molecule has 0 aliphatic carbocycles. The number of amides is 1. The Balaban J connectivity index is 1.40. The monoisotopic (exact) mass is 1000 g/mol. The number of nitrogens with one attached hydrogen (secondary N) is 1. The van der Waals surface area contributed by atoms with Gasteiger partial charge in [0.05, 0.1) is 46.2 Å². The first-order valence-electron chi connectivity index (χ1n) is 21.0. The van der Waals surface area contributed by atoms with Gasteiger partial charge in [0.25, 0.3) is 5.79 Å². The molecule has 26 atom stereocenters. The van der Waals surface area contributed by atoms with Crippen molar-refractivity contribution in [3.63, 3.8) is 0 Å². The summed E-state index contributed by atoms with van der Waals surface area (Å²) in [6.45, 7) is -3.85. The van der Waals surface area contributed by atoms with Gasteiger partial charge in [0.15, 0.2) is 18.9 Å². The van der Waals surface area contributed by atoms with Crippen molar-refractivity contribution in [3.05, 3.63) is 0 Å². The first-order chi connectivity index (χ1) is 31.7. The van der Waals surface area contributed by atoms with Crippen LogP contribution in [-0.4, -0.2) is 298 Å². The molecule has 5 saturated heterocycles. The molecule has 390 valence electrons. The first kappa shape index (κ1) is 56.2. The largest absolute Gasteiger partial charge is 0.465 e. The van der Waals surface area contributed by atoms with Crippen LogP contribution in [0.2, 0.25) is 0 Å². The molecule has 5 rings (SSSR count). The van der Waals surface area contributed by atoms with Gasteiger partial charge < -0.3 is 134 Å². The van der Waals surface area contributed by atoms with Crippen LogP contribution in [0.4, 0.5) is 0 Å². The molecule has 0 aromatic carbocycles. The van der Waals surface area contributed by atoms with Gasteiger partial charge in [0.2, 0.25) is 5.91 Å². The Hall–Kier alpha value is -1.71. The fourth-order valence-electron chi connectivity index (χ4n) is 8.43. The molecule has 0 aromatic rings. The summed E-state index contributed by atoms with van der Waals surface area (Å²) in [4.78, 5) is 25.9. The lowest BCUT2D eigenvalue weighted by Crippen LogP contribution is -2.70. The third kappa shape index (κ3) is 11.8. The molecule has 0 bridgehead atoms. The van der Waals surface area contributed by atoms with Crippen molar-refractivity contribution in [3.8, 4) is 0 Å². The molecule has 0 unspecified atom stereocenters. The van der Waals surface area contributed by atoms with E-state index in [1.165, 1.54) is 0 Å². The van der Waals surface area contributed by atoms with Crippen LogP contribution in [0.5, 0.6) is 0 Å². The maximum Gasteiger partial charge on any atom is 0.366 e. The molecular formula is C37H63NO28S. The summed E-state index contributed by atoms with van der Waals surface area (Å²) in [6.07, 6.45) is -43.4. The molecule has 5 aliphatic rings. The topological polar surface area (TPSA) is 462 Å². The van der Waals surface area contributed by atoms with E-state index in [0.717, 1.165) is 25.8 Å². The van der Waals surface area contributed by atoms with Gasteiger partial charge in [-0.3, -0.25) is 4.79 Å². The minimum atomic E-state index is -2.92. The van der Waals surface area contributed by atoms with Crippen LogP contribution in [0, 0.1) is 0 Å². The molecular weight excluding hydrogens is 938 g/mol. The van der Waals surface area contributed by atoms with Crippen LogP contribution in [-0.2, 0) is 57.0 Å². The summed E-state index contributed by atoms with van der Waals surface area (Å²) in [6, 6.07) is -1.78. The Morgan fingerprint density at radius 2 is 1.13 bits per heavy atom. The number of aliphatic hydroxyl groups is 16. The summed E-state index contributed by atoms with van der Waals surface area (Å²) in [5.74, 6) is -5.24. The van der Waals surface area contributed by atoms with Gasteiger partial charge in [-0.05, 0) is 6.26 Å². The molecule has 17 N–H and O–H groups in total. The molecule has 5 aliphatic heterocycles. The van der Waals surface area contributed by atoms with Gasteiger partial charge in [-0.1, -0.05) is 0 Å². The second kappa shape index (κ2) is 24.1. The van der Waals surface area contributed by atoms with Crippen molar-refractivity contribution in [2.24, 2.45) is 0 Å². The normalized spacial score (nSPS) is 47.2. The molecule has 0 aromatic heterocycles. The highest BCUT2D eigenvalue weighted by Gasteiger charge is 2.61. The molecule has 0 radical (unpaired) electrons. The number of carbonyl (C=O) groups excluding carboxylic acids is 2. The predicted molar refractivity (Wildman–Crippen MR) is 211 cm³/mol. The number of carbonyl (C=O) groups is 2. The highest BCUT2D eigenvalue weighted by atomic mass is 32.2. The van der Waals surface area contributed by atoms with Crippen molar-refractivity contribution in [1.82, 2.24) is 5.32 Å². The molecule has 0 spiro atoms. The highest BCUT2D eigenvalue weighted by Crippen LogP contribution is 2.40. The second-order valence-corrected chi connectivity index (χ2v) is 17.4. The van der Waals surface area contributed by atoms with Gasteiger partial charge in [0.1, 0.15) is 127 Å². The number of methoxy groups -OCH3 is 1. The Morgan fingerprint density at radius 1 is 0.642 bits per heavy atom. The molecule has 30 heteroatoms. The van der Waals surface area contributed by atoms with Gasteiger partial charge in [-0.2, -0.15) is 0 Å². The number of rotatable bonds is 18. The van der Waals surface area contributed by atoms with Gasteiger partial charge in [0, 0.05) is 13.3 Å². The Kier molecular flexibility index (Phi) is 20.2. The summed E-state index contributed by atoms with van der Waals surface area (Å²) < 4.78 is 56.4. The van der Waals surface area contributed by atoms with E-state index in [1.54, 1.807) is 6.26 Å². The second-order valence-electron chi connectivity index (χ2n) is 16.5. The Morgan fingerprint density at radius 3 is 1.64 bits per heavy atom. The van der Waals surface area contributed by atoms with Crippen molar-refractivity contribution in [2.45, 2.75) is 172 Å². The molecule has 29 nitrogen and oxygen atoms in total. The summed E-state index contributed by atoms with van der Waals surface area (Å²) >= 11 is 1.02. The third-order valence-electron chi connectivity index (χ3n) is 12.1. The van der Waals surface area contributed by atoms with E-state index in [4.69, 9.17) is 47.4 Å². The van der Waals surface area contributed by atoms with Crippen molar-refractivity contribution < 1.29 is 139 Å². The first-order valence-corrected chi connectivity index (χ1v) is 22.3. The molecule has 5 heterocycles. The van der Waals surface area contributed by atoms with E-state index in [9.17, 15) is 91.3 Å². The maximum absolute atomic E-state index is 13.3. The van der Waals surface area contributed by atoms with Crippen molar-refractivity contribution in [1.29, 1.82) is 0 Å². The lowest BCUT2D eigenvalue weighted by molar-refractivity contribution is -0.392. The van der Waals surface area contributed by atoms with E-state index in [-0.39, 0.29) is 0 Å². The Labute approximate surface area is 385 Å². The van der Waals surface area contributed by atoms with Gasteiger partial charge in [-0.25, -0.2) is 4.79 Å². The van der Waals surface area contributed by atoms with Crippen LogP contribution in [0.15, 0.2) is 0 Å². The summed E-state index contributed by atoms with van der Waals surface area (Å²) in [5, 5.41) is 173. The van der Waals surface area contributed by atoms with Gasteiger partial charge in [-0.15, -0.1) is 11.8 Å². The number of hydrogen-bond acceptors (Lipinski definition) is 29. The average Bonchev–Trinajstić information content (AvgIpc) is 3.31. The lowest BCUT2D eigenvalue weighted by Gasteiger charge is -2.51. The molecule has 0 saturated carbocycles. The van der Waals surface area contributed by atoms with E-state index < -0.39 is 210 Å². The fourth-order valence-corrected chi connectivity index (χ4v) is 9.13. The summed E-state index contributed by atoms with van der Waals surface area (Å²) in [5.41, 5.74) is -0.991. The fraction of sp³-hybridized carbons (Fsp3) is 0.946. The van der Waals surface area contributed by atoms with Crippen LogP contribution in [0.3, 0.4) is 0 Å². The minimum absolute atomic E-state index is 0.739. The van der Waals surface area contributed by atoms with E-state index >= 15 is 0 Å². The zero-order chi connectivity index (χ0) is 49.8. The van der Waals surface area contributed by atoms with E-state index in [2.05, 4.69) is 5.32 Å². The zero-order valence-electron chi connectivity index (χ0n) is 36.1. The molecule has 1 amide bonds. The highest BCUT2D eigenvalue weighted by molar-refractivity contribution is 7.99. The number of thioether (sulfide) groups is 1. The smallest absolute Gasteiger partial charge is 0.366 e. The van der Waals surface area contributed by atoms with Crippen LogP contribution >= 0.6 is 11.8 Å². The molecule has 5 fully saturated rings. The standard InChI is InChI=1S/C37H63NO28S/c1-10(44)38-17-22(51)27(15(8-42)60-32(17)64-29-20(49)13(6-40)58-33(25(29)54)63-28-16(9-43)61-35(67-3)24(53)23(28)52)62-34-26(55)31(21(50)14(7-41)59-34)66-37(36(56)57-2)4-11(45)18(47)30(65-37)19(48)12(46)5-39/h11-35,39-43,45-55H,4-9H2,1-3H3,(H,38,44)/t11-,12+,13+,14+,15+,16+,17+,18+,19+,20-,21-,22+,23+,24+,25+,26+,27+,28+,29-,30+,31-,32-,33-,34-,35-,37-/m0/s1. The minimum Gasteiger partial charge on any atom is -0.465 e. The van der Waals surface area contributed by atoms with E-state index in [0.29, 0.717) is 0 Å². The van der Waals surface area contributed by atoms with Crippen molar-refractivity contribution >= 4 is 23.6 Å². The average molecular weight is 1000 g/mol. The maximum atomic E-state index is 13.3. The predicted octanol–water partition coefficient (Wildman–Crippen LogP) is -11.1. The SMILES string of the molecule is COC(=O)[C@@]1(O[C@H]2[C@@H](O)[C@@H](CO)O[C@@H](O[C@H]3[C@H](O)[C@@H](NC(C)=O)[C@H](O[C@H]4[C@@H](O)[C@@H](CO)O[C@@H](O[C@H]5[C@H](O)[C@@H](O)[C@H](SC)O[C@@H]5CO)[C@@H]4O)O[C@@H]3CO)[C@@H]2O)C[C@H](O)[C@@H](O)[C@H]([C@H](O)[C@H](O)CO)O1. The van der Waals surface area contributed by atoms with Crippen LogP contribution < -0.4 is 5.32 Å². The zero-order valence-corrected chi connectivity index (χ0v) is 37.0. The lowest BCUT2D eigenvalue weighted by atomic mass is 9.90. The van der Waals surface area contributed by atoms with Crippen LogP contribution in [0.1, 0.15) is 13.3 Å². The summed E-state index contributed by atoms with van der Waals surface area (Å²) in [7, 11) is 0.835. The number of ether oxygens (including phenoxy) is 10. The third-order valence-corrected chi connectivity index (χ3v) is 12.9. The van der Waals surface area contributed by atoms with Crippen molar-refractivity contribution in [2.75, 3.05) is 46.4 Å². The quantitative estimate of drug-likeness (QED) is 0.0567. The van der Waals surface area contributed by atoms with Gasteiger partial charge >= 0.3 is 5.97 Å². The van der Waals surface area contributed by atoms with E-state index in [1.807, 2.05) is 0 Å². The number of esters is 1. The molecule has 67 heavy (non-hydrogen) atoms.